The van der Waals surface area contributed by atoms with Crippen LogP contribution in [0.15, 0.2) is 0 Å². The fourth-order valence-corrected chi connectivity index (χ4v) is 2.23. The first kappa shape index (κ1) is 13.3. The Kier molecular flexibility index (Phi) is 4.50. The van der Waals surface area contributed by atoms with Gasteiger partial charge >= 0.3 is 0 Å². The smallest absolute Gasteiger partial charge is 0.0632 e. The summed E-state index contributed by atoms with van der Waals surface area (Å²) in [5.41, 5.74) is -0.167. The molecule has 2 nitrogen and oxygen atoms in total. The van der Waals surface area contributed by atoms with E-state index < -0.39 is 5.60 Å². The fourth-order valence-electron chi connectivity index (χ4n) is 2.13. The SMILES string of the molecule is CC(C)(CS)CN1CCCC(C)(O)CC1. The van der Waals surface area contributed by atoms with E-state index in [9.17, 15) is 5.11 Å². The third-order valence-electron chi connectivity index (χ3n) is 3.24. The number of hydrogen-bond acceptors (Lipinski definition) is 3. The van der Waals surface area contributed by atoms with Crippen LogP contribution in [0.1, 0.15) is 40.0 Å². The van der Waals surface area contributed by atoms with Gasteiger partial charge in [0.05, 0.1) is 5.60 Å². The van der Waals surface area contributed by atoms with Crippen LogP contribution >= 0.6 is 12.6 Å². The monoisotopic (exact) mass is 231 g/mol. The number of aliphatic hydroxyl groups is 1. The molecule has 1 unspecified atom stereocenters. The summed E-state index contributed by atoms with van der Waals surface area (Å²) >= 11 is 4.39. The average molecular weight is 231 g/mol. The Labute approximate surface area is 99.5 Å². The van der Waals surface area contributed by atoms with Gasteiger partial charge in [0, 0.05) is 13.1 Å². The van der Waals surface area contributed by atoms with Crippen LogP contribution in [-0.2, 0) is 0 Å². The highest BCUT2D eigenvalue weighted by atomic mass is 32.1. The molecule has 0 spiro atoms. The van der Waals surface area contributed by atoms with Crippen LogP contribution in [0.3, 0.4) is 0 Å². The molecule has 0 aliphatic carbocycles. The van der Waals surface area contributed by atoms with Crippen LogP contribution in [-0.4, -0.2) is 41.0 Å². The van der Waals surface area contributed by atoms with Crippen molar-refractivity contribution in [2.45, 2.75) is 45.6 Å². The minimum absolute atomic E-state index is 0.277. The summed E-state index contributed by atoms with van der Waals surface area (Å²) in [4.78, 5) is 2.47. The van der Waals surface area contributed by atoms with Crippen LogP contribution in [0.4, 0.5) is 0 Å². The van der Waals surface area contributed by atoms with Crippen molar-refractivity contribution in [3.05, 3.63) is 0 Å². The highest BCUT2D eigenvalue weighted by Gasteiger charge is 2.27. The second-order valence-electron chi connectivity index (χ2n) is 5.95. The molecule has 1 saturated heterocycles. The molecule has 1 N–H and O–H groups in total. The van der Waals surface area contributed by atoms with Crippen molar-refractivity contribution in [3.63, 3.8) is 0 Å². The lowest BCUT2D eigenvalue weighted by Gasteiger charge is -2.31. The molecule has 0 amide bonds. The van der Waals surface area contributed by atoms with Gasteiger partial charge in [0.1, 0.15) is 0 Å². The molecule has 1 aliphatic rings. The van der Waals surface area contributed by atoms with E-state index in [-0.39, 0.29) is 5.41 Å². The molecule has 1 fully saturated rings. The maximum absolute atomic E-state index is 9.99. The van der Waals surface area contributed by atoms with Gasteiger partial charge in [-0.15, -0.1) is 0 Å². The van der Waals surface area contributed by atoms with Crippen molar-refractivity contribution in [2.75, 3.05) is 25.4 Å². The van der Waals surface area contributed by atoms with Crippen molar-refractivity contribution < 1.29 is 5.11 Å². The minimum atomic E-state index is -0.445. The summed E-state index contributed by atoms with van der Waals surface area (Å²) in [6, 6.07) is 0. The van der Waals surface area contributed by atoms with Crippen LogP contribution < -0.4 is 0 Å². The molecule has 1 heterocycles. The summed E-state index contributed by atoms with van der Waals surface area (Å²) in [7, 11) is 0. The Hall–Kier alpha value is 0.270. The zero-order valence-corrected chi connectivity index (χ0v) is 11.2. The maximum Gasteiger partial charge on any atom is 0.0632 e. The number of rotatable bonds is 3. The summed E-state index contributed by atoms with van der Waals surface area (Å²) in [5.74, 6) is 0.917. The van der Waals surface area contributed by atoms with Crippen LogP contribution in [0.2, 0.25) is 0 Å². The van der Waals surface area contributed by atoms with Gasteiger partial charge in [0.25, 0.3) is 0 Å². The summed E-state index contributed by atoms with van der Waals surface area (Å²) in [6.45, 7) is 9.69. The van der Waals surface area contributed by atoms with Gasteiger partial charge in [0.15, 0.2) is 0 Å². The first-order chi connectivity index (χ1) is 6.85. The molecule has 0 saturated carbocycles. The largest absolute Gasteiger partial charge is 0.390 e. The summed E-state index contributed by atoms with van der Waals surface area (Å²) < 4.78 is 0. The molecule has 1 atom stereocenters. The number of nitrogens with zero attached hydrogens (tertiary/aromatic N) is 1. The van der Waals surface area contributed by atoms with Crippen LogP contribution in [0.25, 0.3) is 0 Å². The molecule has 3 heteroatoms. The van der Waals surface area contributed by atoms with Crippen molar-refractivity contribution in [2.24, 2.45) is 5.41 Å². The van der Waals surface area contributed by atoms with E-state index >= 15 is 0 Å². The number of likely N-dealkylation sites (tertiary alicyclic amines) is 1. The number of hydrogen-bond donors (Lipinski definition) is 2. The fraction of sp³-hybridized carbons (Fsp3) is 1.00. The predicted octanol–water partition coefficient (Wildman–Crippen LogP) is 2.18. The summed E-state index contributed by atoms with van der Waals surface area (Å²) in [6.07, 6.45) is 2.94. The minimum Gasteiger partial charge on any atom is -0.390 e. The molecule has 0 aromatic heterocycles. The molecule has 0 aromatic rings. The zero-order valence-electron chi connectivity index (χ0n) is 10.3. The quantitative estimate of drug-likeness (QED) is 0.727. The topological polar surface area (TPSA) is 23.5 Å². The third kappa shape index (κ3) is 4.75. The lowest BCUT2D eigenvalue weighted by atomic mass is 9.95. The molecular weight excluding hydrogens is 206 g/mol. The highest BCUT2D eigenvalue weighted by molar-refractivity contribution is 7.80. The van der Waals surface area contributed by atoms with Crippen molar-refractivity contribution >= 4 is 12.6 Å². The van der Waals surface area contributed by atoms with E-state index in [0.29, 0.717) is 0 Å². The van der Waals surface area contributed by atoms with Gasteiger partial charge in [-0.2, -0.15) is 12.6 Å². The van der Waals surface area contributed by atoms with E-state index in [1.54, 1.807) is 0 Å². The van der Waals surface area contributed by atoms with Crippen LogP contribution in [0.5, 0.6) is 0 Å². The second-order valence-corrected chi connectivity index (χ2v) is 6.27. The molecule has 90 valence electrons. The first-order valence-electron chi connectivity index (χ1n) is 5.90. The maximum atomic E-state index is 9.99. The van der Waals surface area contributed by atoms with E-state index in [0.717, 1.165) is 44.6 Å². The van der Waals surface area contributed by atoms with Crippen molar-refractivity contribution in [1.29, 1.82) is 0 Å². The lowest BCUT2D eigenvalue weighted by molar-refractivity contribution is 0.0435. The van der Waals surface area contributed by atoms with Gasteiger partial charge in [-0.05, 0) is 43.9 Å². The molecule has 1 aliphatic heterocycles. The van der Waals surface area contributed by atoms with Gasteiger partial charge in [-0.1, -0.05) is 13.8 Å². The van der Waals surface area contributed by atoms with Crippen molar-refractivity contribution in [1.82, 2.24) is 4.90 Å². The van der Waals surface area contributed by atoms with Gasteiger partial charge in [-0.25, -0.2) is 0 Å². The Morgan fingerprint density at radius 3 is 2.60 bits per heavy atom. The van der Waals surface area contributed by atoms with Gasteiger partial charge in [0.2, 0.25) is 0 Å². The molecule has 0 radical (unpaired) electrons. The lowest BCUT2D eigenvalue weighted by Crippen LogP contribution is -2.36. The predicted molar refractivity (Wildman–Crippen MR) is 68.5 cm³/mol. The van der Waals surface area contributed by atoms with Crippen molar-refractivity contribution in [3.8, 4) is 0 Å². The van der Waals surface area contributed by atoms with Crippen LogP contribution in [0, 0.1) is 5.41 Å². The first-order valence-corrected chi connectivity index (χ1v) is 6.54. The highest BCUT2D eigenvalue weighted by Crippen LogP contribution is 2.25. The van der Waals surface area contributed by atoms with E-state index in [1.165, 1.54) is 0 Å². The standard InChI is InChI=1S/C12H25NOS/c1-11(2,10-15)9-13-7-4-5-12(3,14)6-8-13/h14-15H,4-10H2,1-3H3. The Morgan fingerprint density at radius 1 is 1.33 bits per heavy atom. The third-order valence-corrected chi connectivity index (χ3v) is 4.09. The number of thiol groups is 1. The van der Waals surface area contributed by atoms with Gasteiger partial charge in [-0.3, -0.25) is 0 Å². The Morgan fingerprint density at radius 2 is 2.00 bits per heavy atom. The zero-order chi connectivity index (χ0) is 11.5. The molecule has 15 heavy (non-hydrogen) atoms. The van der Waals surface area contributed by atoms with E-state index in [2.05, 4.69) is 31.4 Å². The normalized spacial score (nSPS) is 30.2. The average Bonchev–Trinajstić information content (AvgIpc) is 2.28. The molecule has 0 bridgehead atoms. The van der Waals surface area contributed by atoms with Gasteiger partial charge < -0.3 is 10.0 Å². The molecule has 0 aromatic carbocycles. The summed E-state index contributed by atoms with van der Waals surface area (Å²) in [5, 5.41) is 9.99. The Balaban J connectivity index is 2.45. The molecule has 1 rings (SSSR count). The van der Waals surface area contributed by atoms with E-state index in [1.807, 2.05) is 6.92 Å². The van der Waals surface area contributed by atoms with E-state index in [4.69, 9.17) is 0 Å². The molecular formula is C12H25NOS. The second kappa shape index (κ2) is 5.07. The Bertz CT molecular complexity index is 204.